The second-order valence-corrected chi connectivity index (χ2v) is 8.54. The van der Waals surface area contributed by atoms with Crippen LogP contribution in [0.2, 0.25) is 0 Å². The lowest BCUT2D eigenvalue weighted by atomic mass is 10.2. The van der Waals surface area contributed by atoms with Crippen LogP contribution >= 0.6 is 0 Å². The number of carbonyl (C=O) groups is 1. The number of methoxy groups -OCH3 is 1. The standard InChI is InChI=1S/C20H24N2O6S/c1-14(22(29(3,24)25)15-7-6-8-16(11-15)26-2)20(23)21-12-17-13-27-18-9-4-5-10-19(18)28-17/h4-11,14,17H,12-13H2,1-3H3,(H,21,23)/t14-,17+/m0/s1. The number of sulfonamides is 1. The lowest BCUT2D eigenvalue weighted by Gasteiger charge is -2.30. The third kappa shape index (κ3) is 4.92. The third-order valence-electron chi connectivity index (χ3n) is 4.47. The zero-order valence-electron chi connectivity index (χ0n) is 16.5. The van der Waals surface area contributed by atoms with E-state index in [0.717, 1.165) is 10.6 Å². The molecule has 1 heterocycles. The van der Waals surface area contributed by atoms with Crippen LogP contribution in [0.1, 0.15) is 6.92 Å². The highest BCUT2D eigenvalue weighted by atomic mass is 32.2. The molecule has 0 aromatic heterocycles. The highest BCUT2D eigenvalue weighted by molar-refractivity contribution is 7.92. The van der Waals surface area contributed by atoms with E-state index in [4.69, 9.17) is 14.2 Å². The van der Waals surface area contributed by atoms with Gasteiger partial charge in [0.05, 0.1) is 25.6 Å². The maximum atomic E-state index is 12.7. The molecule has 0 saturated carbocycles. The summed E-state index contributed by atoms with van der Waals surface area (Å²) in [5, 5.41) is 2.75. The van der Waals surface area contributed by atoms with Crippen molar-refractivity contribution < 1.29 is 27.4 Å². The molecule has 0 aliphatic carbocycles. The van der Waals surface area contributed by atoms with Crippen LogP contribution in [0, 0.1) is 0 Å². The largest absolute Gasteiger partial charge is 0.497 e. The number of hydrogen-bond acceptors (Lipinski definition) is 6. The summed E-state index contributed by atoms with van der Waals surface area (Å²) in [7, 11) is -2.22. The Morgan fingerprint density at radius 2 is 1.97 bits per heavy atom. The molecule has 3 rings (SSSR count). The number of anilines is 1. The Morgan fingerprint density at radius 3 is 2.66 bits per heavy atom. The Labute approximate surface area is 170 Å². The minimum Gasteiger partial charge on any atom is -0.497 e. The normalized spacial score (nSPS) is 16.6. The molecule has 0 fully saturated rings. The molecule has 1 amide bonds. The zero-order valence-corrected chi connectivity index (χ0v) is 17.3. The molecule has 0 radical (unpaired) electrons. The second kappa shape index (κ2) is 8.60. The van der Waals surface area contributed by atoms with Gasteiger partial charge in [-0.1, -0.05) is 18.2 Å². The summed E-state index contributed by atoms with van der Waals surface area (Å²) in [6.45, 7) is 2.01. The summed E-state index contributed by atoms with van der Waals surface area (Å²) in [6.07, 6.45) is 0.690. The molecule has 8 nitrogen and oxygen atoms in total. The SMILES string of the molecule is COc1cccc(N([C@@H](C)C(=O)NC[C@@H]2COc3ccccc3O2)S(C)(=O)=O)c1. The quantitative estimate of drug-likeness (QED) is 0.734. The number of nitrogens with zero attached hydrogens (tertiary/aromatic N) is 1. The predicted octanol–water partition coefficient (Wildman–Crippen LogP) is 1.81. The lowest BCUT2D eigenvalue weighted by Crippen LogP contribution is -2.50. The van der Waals surface area contributed by atoms with Crippen molar-refractivity contribution in [3.63, 3.8) is 0 Å². The van der Waals surface area contributed by atoms with Gasteiger partial charge in [0, 0.05) is 6.07 Å². The first-order valence-electron chi connectivity index (χ1n) is 9.09. The van der Waals surface area contributed by atoms with Crippen molar-refractivity contribution in [2.24, 2.45) is 0 Å². The lowest BCUT2D eigenvalue weighted by molar-refractivity contribution is -0.122. The van der Waals surface area contributed by atoms with Gasteiger partial charge in [-0.25, -0.2) is 8.42 Å². The van der Waals surface area contributed by atoms with Crippen LogP contribution in [-0.4, -0.2) is 53.0 Å². The smallest absolute Gasteiger partial charge is 0.243 e. The highest BCUT2D eigenvalue weighted by Crippen LogP contribution is 2.30. The van der Waals surface area contributed by atoms with E-state index in [-0.39, 0.29) is 19.3 Å². The monoisotopic (exact) mass is 420 g/mol. The Bertz CT molecular complexity index is 978. The summed E-state index contributed by atoms with van der Waals surface area (Å²) in [6, 6.07) is 12.9. The fraction of sp³-hybridized carbons (Fsp3) is 0.350. The molecule has 1 aliphatic rings. The Morgan fingerprint density at radius 1 is 1.24 bits per heavy atom. The molecule has 29 heavy (non-hydrogen) atoms. The van der Waals surface area contributed by atoms with E-state index in [9.17, 15) is 13.2 Å². The van der Waals surface area contributed by atoms with Crippen LogP contribution in [0.5, 0.6) is 17.2 Å². The fourth-order valence-electron chi connectivity index (χ4n) is 3.08. The number of fused-ring (bicyclic) bond motifs is 1. The third-order valence-corrected chi connectivity index (χ3v) is 5.71. The summed E-state index contributed by atoms with van der Waals surface area (Å²) >= 11 is 0. The van der Waals surface area contributed by atoms with E-state index in [1.54, 1.807) is 30.3 Å². The van der Waals surface area contributed by atoms with Gasteiger partial charge in [-0.15, -0.1) is 0 Å². The van der Waals surface area contributed by atoms with Gasteiger partial charge in [0.15, 0.2) is 11.5 Å². The van der Waals surface area contributed by atoms with E-state index in [2.05, 4.69) is 5.32 Å². The summed E-state index contributed by atoms with van der Waals surface area (Å²) in [5.74, 6) is 1.32. The number of ether oxygens (including phenoxy) is 3. The van der Waals surface area contributed by atoms with Crippen LogP contribution in [-0.2, 0) is 14.8 Å². The van der Waals surface area contributed by atoms with Crippen molar-refractivity contribution in [3.8, 4) is 17.2 Å². The molecule has 0 unspecified atom stereocenters. The first-order chi connectivity index (χ1) is 13.8. The Kier molecular flexibility index (Phi) is 6.17. The maximum absolute atomic E-state index is 12.7. The number of para-hydroxylation sites is 2. The number of amides is 1. The van der Waals surface area contributed by atoms with Gasteiger partial charge < -0.3 is 19.5 Å². The first kappa shape index (κ1) is 20.8. The van der Waals surface area contributed by atoms with Crippen molar-refractivity contribution in [3.05, 3.63) is 48.5 Å². The van der Waals surface area contributed by atoms with Crippen molar-refractivity contribution in [2.45, 2.75) is 19.1 Å². The van der Waals surface area contributed by atoms with E-state index >= 15 is 0 Å². The van der Waals surface area contributed by atoms with Crippen molar-refractivity contribution in [2.75, 3.05) is 30.8 Å². The average Bonchev–Trinajstić information content (AvgIpc) is 2.71. The van der Waals surface area contributed by atoms with Gasteiger partial charge in [-0.05, 0) is 31.2 Å². The molecule has 2 aromatic carbocycles. The summed E-state index contributed by atoms with van der Waals surface area (Å²) < 4.78 is 42.4. The molecular formula is C20H24N2O6S. The van der Waals surface area contributed by atoms with Crippen molar-refractivity contribution in [1.29, 1.82) is 0 Å². The molecule has 0 saturated heterocycles. The summed E-state index contributed by atoms with van der Waals surface area (Å²) in [5.41, 5.74) is 0.348. The number of rotatable bonds is 7. The average molecular weight is 420 g/mol. The highest BCUT2D eigenvalue weighted by Gasteiger charge is 2.30. The molecule has 156 valence electrons. The van der Waals surface area contributed by atoms with Crippen LogP contribution < -0.4 is 23.8 Å². The minimum atomic E-state index is -3.71. The van der Waals surface area contributed by atoms with Crippen LogP contribution in [0.25, 0.3) is 0 Å². The predicted molar refractivity (Wildman–Crippen MR) is 109 cm³/mol. The van der Waals surface area contributed by atoms with Gasteiger partial charge in [0.1, 0.15) is 24.5 Å². The van der Waals surface area contributed by atoms with E-state index in [1.165, 1.54) is 14.0 Å². The molecular weight excluding hydrogens is 396 g/mol. The van der Waals surface area contributed by atoms with Crippen LogP contribution in [0.3, 0.4) is 0 Å². The molecule has 9 heteroatoms. The van der Waals surface area contributed by atoms with Crippen molar-refractivity contribution >= 4 is 21.6 Å². The molecule has 2 atom stereocenters. The van der Waals surface area contributed by atoms with E-state index in [0.29, 0.717) is 22.9 Å². The Balaban J connectivity index is 1.68. The fourth-order valence-corrected chi connectivity index (χ4v) is 4.25. The zero-order chi connectivity index (χ0) is 21.0. The number of carbonyl (C=O) groups excluding carboxylic acids is 1. The molecule has 1 N–H and O–H groups in total. The molecule has 0 bridgehead atoms. The van der Waals surface area contributed by atoms with Gasteiger partial charge >= 0.3 is 0 Å². The van der Waals surface area contributed by atoms with E-state index in [1.807, 2.05) is 18.2 Å². The topological polar surface area (TPSA) is 94.2 Å². The molecule has 0 spiro atoms. The Hall–Kier alpha value is -2.94. The molecule has 2 aromatic rings. The minimum absolute atomic E-state index is 0.188. The maximum Gasteiger partial charge on any atom is 0.243 e. The van der Waals surface area contributed by atoms with Crippen LogP contribution in [0.4, 0.5) is 5.69 Å². The number of nitrogens with one attached hydrogen (secondary N) is 1. The summed E-state index contributed by atoms with van der Waals surface area (Å²) in [4.78, 5) is 12.7. The van der Waals surface area contributed by atoms with Gasteiger partial charge in [-0.2, -0.15) is 0 Å². The van der Waals surface area contributed by atoms with Gasteiger partial charge in [0.2, 0.25) is 15.9 Å². The van der Waals surface area contributed by atoms with Gasteiger partial charge in [0.25, 0.3) is 0 Å². The van der Waals surface area contributed by atoms with Gasteiger partial charge in [-0.3, -0.25) is 9.10 Å². The molecule has 1 aliphatic heterocycles. The van der Waals surface area contributed by atoms with Crippen molar-refractivity contribution in [1.82, 2.24) is 5.32 Å². The number of benzene rings is 2. The van der Waals surface area contributed by atoms with Crippen LogP contribution in [0.15, 0.2) is 48.5 Å². The first-order valence-corrected chi connectivity index (χ1v) is 10.9. The van der Waals surface area contributed by atoms with E-state index < -0.39 is 22.0 Å². The number of hydrogen-bond donors (Lipinski definition) is 1. The second-order valence-electron chi connectivity index (χ2n) is 6.68.